The molecule has 2 nitrogen and oxygen atoms in total. The molecule has 134 valence electrons. The first kappa shape index (κ1) is 17.1. The zero-order valence-corrected chi connectivity index (χ0v) is 15.2. The Morgan fingerprint density at radius 1 is 0.846 bits per heavy atom. The van der Waals surface area contributed by atoms with E-state index in [-0.39, 0.29) is 12.1 Å². The third-order valence-corrected chi connectivity index (χ3v) is 5.86. The number of hydrogen-bond donors (Lipinski definition) is 0. The van der Waals surface area contributed by atoms with E-state index in [0.29, 0.717) is 0 Å². The highest BCUT2D eigenvalue weighted by atomic mass is 16.5. The average Bonchev–Trinajstić information content (AvgIpc) is 2.71. The summed E-state index contributed by atoms with van der Waals surface area (Å²) in [6, 6.07) is 20.2. The number of benzene rings is 2. The van der Waals surface area contributed by atoms with Crippen molar-refractivity contribution in [2.24, 2.45) is 0 Å². The van der Waals surface area contributed by atoms with Crippen molar-refractivity contribution >= 4 is 5.97 Å². The molecule has 0 aromatic heterocycles. The minimum atomic E-state index is -0.690. The minimum absolute atomic E-state index is 0.0730. The van der Waals surface area contributed by atoms with E-state index in [1.807, 2.05) is 60.7 Å². The summed E-state index contributed by atoms with van der Waals surface area (Å²) < 4.78 is 6.00. The molecule has 2 heteroatoms. The zero-order chi connectivity index (χ0) is 17.8. The Morgan fingerprint density at radius 2 is 1.42 bits per heavy atom. The second-order valence-corrected chi connectivity index (χ2v) is 7.51. The molecule has 1 aliphatic heterocycles. The van der Waals surface area contributed by atoms with Gasteiger partial charge in [0.15, 0.2) is 0 Å². The summed E-state index contributed by atoms with van der Waals surface area (Å²) >= 11 is 0. The molecule has 0 spiro atoms. The quantitative estimate of drug-likeness (QED) is 0.536. The fourth-order valence-corrected chi connectivity index (χ4v) is 4.45. The molecule has 1 atom stereocenters. The molecule has 2 aromatic carbocycles. The van der Waals surface area contributed by atoms with E-state index < -0.39 is 5.41 Å². The van der Waals surface area contributed by atoms with Gasteiger partial charge in [-0.05, 0) is 55.7 Å². The maximum Gasteiger partial charge on any atom is 0.321 e. The van der Waals surface area contributed by atoms with Gasteiger partial charge in [-0.1, -0.05) is 72.7 Å². The monoisotopic (exact) mass is 346 g/mol. The fourth-order valence-electron chi connectivity index (χ4n) is 4.45. The lowest BCUT2D eigenvalue weighted by molar-refractivity contribution is -0.158. The third kappa shape index (κ3) is 3.21. The van der Waals surface area contributed by atoms with E-state index in [1.165, 1.54) is 24.8 Å². The highest BCUT2D eigenvalue weighted by Gasteiger charge is 2.47. The Labute approximate surface area is 155 Å². The van der Waals surface area contributed by atoms with Crippen molar-refractivity contribution in [1.82, 2.24) is 0 Å². The molecule has 2 aromatic rings. The molecular formula is C24H26O2. The van der Waals surface area contributed by atoms with Gasteiger partial charge in [0.1, 0.15) is 11.5 Å². The first-order valence-electron chi connectivity index (χ1n) is 9.81. The fraction of sp³-hybridized carbons (Fsp3) is 0.375. The van der Waals surface area contributed by atoms with Crippen LogP contribution in [0, 0.1) is 0 Å². The van der Waals surface area contributed by atoms with Crippen molar-refractivity contribution in [2.45, 2.75) is 56.5 Å². The summed E-state index contributed by atoms with van der Waals surface area (Å²) in [6.45, 7) is 0. The maximum absolute atomic E-state index is 13.3. The number of rotatable bonds is 3. The number of carbonyl (C=O) groups excluding carboxylic acids is 1. The zero-order valence-electron chi connectivity index (χ0n) is 15.2. The van der Waals surface area contributed by atoms with Crippen LogP contribution in [0.15, 0.2) is 72.3 Å². The van der Waals surface area contributed by atoms with E-state index in [4.69, 9.17) is 4.74 Å². The Balaban J connectivity index is 1.65. The second-order valence-electron chi connectivity index (χ2n) is 7.51. The van der Waals surface area contributed by atoms with Crippen LogP contribution < -0.4 is 0 Å². The Bertz CT molecular complexity index is 729. The predicted octanol–water partition coefficient (Wildman–Crippen LogP) is 5.57. The molecule has 1 heterocycles. The summed E-state index contributed by atoms with van der Waals surface area (Å²) in [5.41, 5.74) is 2.84. The summed E-state index contributed by atoms with van der Waals surface area (Å²) in [6.07, 6.45) is 10.0. The molecule has 0 amide bonds. The van der Waals surface area contributed by atoms with Gasteiger partial charge in [0.25, 0.3) is 0 Å². The van der Waals surface area contributed by atoms with Gasteiger partial charge in [-0.3, -0.25) is 4.79 Å². The number of carbonyl (C=O) groups is 1. The van der Waals surface area contributed by atoms with E-state index >= 15 is 0 Å². The van der Waals surface area contributed by atoms with E-state index in [0.717, 1.165) is 36.8 Å². The van der Waals surface area contributed by atoms with E-state index in [1.54, 1.807) is 0 Å². The summed E-state index contributed by atoms with van der Waals surface area (Å²) in [5, 5.41) is 0. The third-order valence-electron chi connectivity index (χ3n) is 5.86. The van der Waals surface area contributed by atoms with E-state index in [2.05, 4.69) is 6.08 Å². The van der Waals surface area contributed by atoms with Crippen LogP contribution in [0.25, 0.3) is 0 Å². The van der Waals surface area contributed by atoms with E-state index in [9.17, 15) is 4.79 Å². The molecule has 0 unspecified atom stereocenters. The number of ether oxygens (including phenoxy) is 1. The Morgan fingerprint density at radius 3 is 1.96 bits per heavy atom. The summed E-state index contributed by atoms with van der Waals surface area (Å²) in [4.78, 5) is 13.3. The van der Waals surface area contributed by atoms with Crippen molar-refractivity contribution in [3.63, 3.8) is 0 Å². The Kier molecular flexibility index (Phi) is 4.92. The van der Waals surface area contributed by atoms with Crippen LogP contribution in [0.3, 0.4) is 0 Å². The molecule has 1 saturated heterocycles. The van der Waals surface area contributed by atoms with Gasteiger partial charge < -0.3 is 4.74 Å². The van der Waals surface area contributed by atoms with Crippen molar-refractivity contribution in [2.75, 3.05) is 0 Å². The highest BCUT2D eigenvalue weighted by Crippen LogP contribution is 2.42. The minimum Gasteiger partial charge on any atom is -0.457 e. The second kappa shape index (κ2) is 7.49. The van der Waals surface area contributed by atoms with Crippen LogP contribution in [0.5, 0.6) is 0 Å². The largest absolute Gasteiger partial charge is 0.457 e. The lowest BCUT2D eigenvalue weighted by Crippen LogP contribution is -2.45. The van der Waals surface area contributed by atoms with Gasteiger partial charge in [-0.25, -0.2) is 0 Å². The van der Waals surface area contributed by atoms with Crippen LogP contribution in [-0.4, -0.2) is 12.1 Å². The van der Waals surface area contributed by atoms with Gasteiger partial charge in [0, 0.05) is 0 Å². The maximum atomic E-state index is 13.3. The molecule has 2 aliphatic rings. The van der Waals surface area contributed by atoms with Crippen LogP contribution >= 0.6 is 0 Å². The molecule has 1 saturated carbocycles. The van der Waals surface area contributed by atoms with Crippen LogP contribution in [-0.2, 0) is 14.9 Å². The van der Waals surface area contributed by atoms with Crippen LogP contribution in [0.4, 0.5) is 0 Å². The first-order chi connectivity index (χ1) is 12.8. The number of hydrogen-bond acceptors (Lipinski definition) is 2. The molecule has 0 bridgehead atoms. The molecule has 1 aliphatic carbocycles. The lowest BCUT2D eigenvalue weighted by Gasteiger charge is -2.39. The van der Waals surface area contributed by atoms with Crippen molar-refractivity contribution in [3.8, 4) is 0 Å². The Hall–Kier alpha value is -2.35. The first-order valence-corrected chi connectivity index (χ1v) is 9.81. The standard InChI is InChI=1S/C24H26O2/c25-23-24(20-12-6-2-7-13-20,21-14-8-3-9-15-21)17-16-22(26-23)18-19-10-4-1-5-11-19/h2-3,6-9,12-15,18,22H,1,4-5,10-11,16-17H2/t22-/m0/s1. The van der Waals surface area contributed by atoms with Gasteiger partial charge in [-0.2, -0.15) is 0 Å². The van der Waals surface area contributed by atoms with Crippen molar-refractivity contribution in [3.05, 3.63) is 83.4 Å². The number of cyclic esters (lactones) is 1. The molecule has 4 rings (SSSR count). The number of allylic oxidation sites excluding steroid dienone is 1. The van der Waals surface area contributed by atoms with Crippen molar-refractivity contribution < 1.29 is 9.53 Å². The normalized spacial score (nSPS) is 22.5. The van der Waals surface area contributed by atoms with Crippen molar-refractivity contribution in [1.29, 1.82) is 0 Å². The molecule has 0 radical (unpaired) electrons. The van der Waals surface area contributed by atoms with Gasteiger partial charge >= 0.3 is 5.97 Å². The molecular weight excluding hydrogens is 320 g/mol. The summed E-state index contributed by atoms with van der Waals surface area (Å²) in [7, 11) is 0. The van der Waals surface area contributed by atoms with Crippen LogP contribution in [0.2, 0.25) is 0 Å². The molecule has 26 heavy (non-hydrogen) atoms. The lowest BCUT2D eigenvalue weighted by atomic mass is 9.69. The van der Waals surface area contributed by atoms with Gasteiger partial charge in [0.2, 0.25) is 0 Å². The van der Waals surface area contributed by atoms with Gasteiger partial charge in [-0.15, -0.1) is 0 Å². The number of esters is 1. The molecule has 2 fully saturated rings. The smallest absolute Gasteiger partial charge is 0.321 e. The molecule has 0 N–H and O–H groups in total. The predicted molar refractivity (Wildman–Crippen MR) is 104 cm³/mol. The average molecular weight is 346 g/mol. The summed E-state index contributed by atoms with van der Waals surface area (Å²) in [5.74, 6) is -0.112. The highest BCUT2D eigenvalue weighted by molar-refractivity contribution is 5.88. The van der Waals surface area contributed by atoms with Crippen LogP contribution in [0.1, 0.15) is 56.1 Å². The SMILES string of the molecule is O=C1O[C@H](C=C2CCCCC2)CCC1(c1ccccc1)c1ccccc1. The van der Waals surface area contributed by atoms with Gasteiger partial charge in [0.05, 0.1) is 0 Å². The topological polar surface area (TPSA) is 26.3 Å².